The molecule has 0 bridgehead atoms. The Morgan fingerprint density at radius 2 is 2.12 bits per heavy atom. The SMILES string of the molecule is COCC(C)Nc1cc(S(N)(=O)=O)ccc1C. The molecule has 3 N–H and O–H groups in total. The molecule has 1 aromatic carbocycles. The summed E-state index contributed by atoms with van der Waals surface area (Å²) in [5.41, 5.74) is 1.71. The minimum atomic E-state index is -3.66. The second kappa shape index (κ2) is 5.48. The standard InChI is InChI=1S/C11H18N2O3S/c1-8-4-5-10(17(12,14)15)6-11(8)13-9(2)7-16-3/h4-6,9,13H,7H2,1-3H3,(H2,12,14,15). The Bertz CT molecular complexity index is 485. The second-order valence-corrected chi connectivity index (χ2v) is 5.58. The average molecular weight is 258 g/mol. The molecule has 0 aliphatic carbocycles. The smallest absolute Gasteiger partial charge is 0.238 e. The lowest BCUT2D eigenvalue weighted by atomic mass is 10.2. The molecule has 0 fully saturated rings. The van der Waals surface area contributed by atoms with Crippen LogP contribution >= 0.6 is 0 Å². The van der Waals surface area contributed by atoms with Crippen molar-refractivity contribution in [3.8, 4) is 0 Å². The molecule has 0 aromatic heterocycles. The van der Waals surface area contributed by atoms with Gasteiger partial charge in [-0.2, -0.15) is 0 Å². The van der Waals surface area contributed by atoms with Crippen LogP contribution in [0.4, 0.5) is 5.69 Å². The Morgan fingerprint density at radius 1 is 1.47 bits per heavy atom. The molecule has 0 spiro atoms. The zero-order chi connectivity index (χ0) is 13.1. The third kappa shape index (κ3) is 3.99. The first-order valence-corrected chi connectivity index (χ1v) is 6.78. The Balaban J connectivity index is 2.99. The van der Waals surface area contributed by atoms with E-state index in [1.54, 1.807) is 13.2 Å². The van der Waals surface area contributed by atoms with Gasteiger partial charge in [0, 0.05) is 18.8 Å². The fourth-order valence-electron chi connectivity index (χ4n) is 1.49. The van der Waals surface area contributed by atoms with Crippen molar-refractivity contribution in [3.05, 3.63) is 23.8 Å². The molecule has 0 saturated heterocycles. The maximum Gasteiger partial charge on any atom is 0.238 e. The number of aryl methyl sites for hydroxylation is 1. The maximum atomic E-state index is 11.2. The Morgan fingerprint density at radius 3 is 2.65 bits per heavy atom. The van der Waals surface area contributed by atoms with Gasteiger partial charge >= 0.3 is 0 Å². The van der Waals surface area contributed by atoms with Crippen molar-refractivity contribution in [2.45, 2.75) is 24.8 Å². The molecule has 0 amide bonds. The van der Waals surface area contributed by atoms with E-state index in [1.807, 2.05) is 13.8 Å². The third-order valence-corrected chi connectivity index (χ3v) is 3.27. The van der Waals surface area contributed by atoms with Crippen LogP contribution in [0, 0.1) is 6.92 Å². The Labute approximate surface area is 102 Å². The van der Waals surface area contributed by atoms with Gasteiger partial charge in [-0.1, -0.05) is 6.07 Å². The van der Waals surface area contributed by atoms with E-state index in [4.69, 9.17) is 9.88 Å². The van der Waals surface area contributed by atoms with Crippen molar-refractivity contribution in [2.24, 2.45) is 5.14 Å². The number of ether oxygens (including phenoxy) is 1. The second-order valence-electron chi connectivity index (χ2n) is 4.02. The molecular formula is C11H18N2O3S. The monoisotopic (exact) mass is 258 g/mol. The van der Waals surface area contributed by atoms with Crippen LogP contribution in [0.5, 0.6) is 0 Å². The summed E-state index contributed by atoms with van der Waals surface area (Å²) >= 11 is 0. The van der Waals surface area contributed by atoms with Gasteiger partial charge in [0.25, 0.3) is 0 Å². The van der Waals surface area contributed by atoms with E-state index in [0.717, 1.165) is 11.3 Å². The highest BCUT2D eigenvalue weighted by molar-refractivity contribution is 7.89. The molecule has 17 heavy (non-hydrogen) atoms. The maximum absolute atomic E-state index is 11.2. The average Bonchev–Trinajstić information content (AvgIpc) is 2.20. The largest absolute Gasteiger partial charge is 0.383 e. The van der Waals surface area contributed by atoms with E-state index >= 15 is 0 Å². The number of benzene rings is 1. The van der Waals surface area contributed by atoms with Crippen LogP contribution in [-0.4, -0.2) is 28.2 Å². The third-order valence-electron chi connectivity index (χ3n) is 2.36. The number of primary sulfonamides is 1. The van der Waals surface area contributed by atoms with Gasteiger partial charge in [-0.15, -0.1) is 0 Å². The number of nitrogens with one attached hydrogen (secondary N) is 1. The highest BCUT2D eigenvalue weighted by Gasteiger charge is 2.11. The van der Waals surface area contributed by atoms with Gasteiger partial charge in [-0.25, -0.2) is 13.6 Å². The van der Waals surface area contributed by atoms with Crippen LogP contribution in [0.1, 0.15) is 12.5 Å². The van der Waals surface area contributed by atoms with Gasteiger partial charge in [0.05, 0.1) is 11.5 Å². The van der Waals surface area contributed by atoms with Crippen molar-refractivity contribution in [2.75, 3.05) is 19.0 Å². The van der Waals surface area contributed by atoms with Gasteiger partial charge in [0.1, 0.15) is 0 Å². The van der Waals surface area contributed by atoms with Gasteiger partial charge in [-0.3, -0.25) is 0 Å². The normalized spacial score (nSPS) is 13.4. The minimum Gasteiger partial charge on any atom is -0.383 e. The molecule has 0 radical (unpaired) electrons. The fraction of sp³-hybridized carbons (Fsp3) is 0.455. The molecule has 1 rings (SSSR count). The predicted octanol–water partition coefficient (Wildman–Crippen LogP) is 1.09. The summed E-state index contributed by atoms with van der Waals surface area (Å²) in [4.78, 5) is 0.107. The highest BCUT2D eigenvalue weighted by atomic mass is 32.2. The molecule has 0 aliphatic rings. The summed E-state index contributed by atoms with van der Waals surface area (Å²) in [7, 11) is -2.04. The number of hydrogen-bond donors (Lipinski definition) is 2. The molecule has 1 unspecified atom stereocenters. The van der Waals surface area contributed by atoms with Crippen molar-refractivity contribution in [1.29, 1.82) is 0 Å². The van der Waals surface area contributed by atoms with Gasteiger partial charge in [0.2, 0.25) is 10.0 Å². The molecule has 0 aliphatic heterocycles. The summed E-state index contributed by atoms with van der Waals surface area (Å²) in [6, 6.07) is 4.85. The first-order chi connectivity index (χ1) is 7.84. The zero-order valence-corrected chi connectivity index (χ0v) is 11.0. The van der Waals surface area contributed by atoms with Crippen molar-refractivity contribution in [1.82, 2.24) is 0 Å². The van der Waals surface area contributed by atoms with Crippen LogP contribution in [0.3, 0.4) is 0 Å². The first kappa shape index (κ1) is 14.0. The van der Waals surface area contributed by atoms with E-state index in [-0.39, 0.29) is 10.9 Å². The molecule has 0 heterocycles. The molecule has 1 aromatic rings. The van der Waals surface area contributed by atoms with Gasteiger partial charge in [0.15, 0.2) is 0 Å². The number of methoxy groups -OCH3 is 1. The zero-order valence-electron chi connectivity index (χ0n) is 10.2. The minimum absolute atomic E-state index is 0.0921. The van der Waals surface area contributed by atoms with Crippen LogP contribution in [0.2, 0.25) is 0 Å². The number of rotatable bonds is 5. The molecule has 5 nitrogen and oxygen atoms in total. The van der Waals surface area contributed by atoms with E-state index in [1.165, 1.54) is 12.1 Å². The number of nitrogens with two attached hydrogens (primary N) is 1. The van der Waals surface area contributed by atoms with E-state index < -0.39 is 10.0 Å². The number of anilines is 1. The first-order valence-electron chi connectivity index (χ1n) is 5.23. The molecular weight excluding hydrogens is 240 g/mol. The van der Waals surface area contributed by atoms with Gasteiger partial charge < -0.3 is 10.1 Å². The van der Waals surface area contributed by atoms with Crippen LogP contribution < -0.4 is 10.5 Å². The lowest BCUT2D eigenvalue weighted by Gasteiger charge is -2.16. The van der Waals surface area contributed by atoms with Crippen molar-refractivity contribution >= 4 is 15.7 Å². The fourth-order valence-corrected chi connectivity index (χ4v) is 2.03. The van der Waals surface area contributed by atoms with Crippen LogP contribution in [0.25, 0.3) is 0 Å². The number of hydrogen-bond acceptors (Lipinski definition) is 4. The molecule has 0 saturated carbocycles. The summed E-state index contributed by atoms with van der Waals surface area (Å²) < 4.78 is 27.5. The van der Waals surface area contributed by atoms with Crippen LogP contribution in [0.15, 0.2) is 23.1 Å². The molecule has 6 heteroatoms. The predicted molar refractivity (Wildman–Crippen MR) is 67.5 cm³/mol. The molecule has 1 atom stereocenters. The van der Waals surface area contributed by atoms with E-state index in [0.29, 0.717) is 6.61 Å². The van der Waals surface area contributed by atoms with E-state index in [2.05, 4.69) is 5.32 Å². The van der Waals surface area contributed by atoms with Gasteiger partial charge in [-0.05, 0) is 31.5 Å². The van der Waals surface area contributed by atoms with E-state index in [9.17, 15) is 8.42 Å². The summed E-state index contributed by atoms with van der Waals surface area (Å²) in [5.74, 6) is 0. The quantitative estimate of drug-likeness (QED) is 0.828. The lowest BCUT2D eigenvalue weighted by Crippen LogP contribution is -2.22. The topological polar surface area (TPSA) is 81.4 Å². The molecule has 96 valence electrons. The Kier molecular flexibility index (Phi) is 4.50. The lowest BCUT2D eigenvalue weighted by molar-refractivity contribution is 0.190. The highest BCUT2D eigenvalue weighted by Crippen LogP contribution is 2.20. The summed E-state index contributed by atoms with van der Waals surface area (Å²) in [6.45, 7) is 4.39. The summed E-state index contributed by atoms with van der Waals surface area (Å²) in [6.07, 6.45) is 0. The van der Waals surface area contributed by atoms with Crippen LogP contribution in [-0.2, 0) is 14.8 Å². The van der Waals surface area contributed by atoms with Crippen molar-refractivity contribution < 1.29 is 13.2 Å². The number of sulfonamides is 1. The van der Waals surface area contributed by atoms with Crippen molar-refractivity contribution in [3.63, 3.8) is 0 Å². The summed E-state index contributed by atoms with van der Waals surface area (Å²) in [5, 5.41) is 8.26. The Hall–Kier alpha value is -1.11.